The van der Waals surface area contributed by atoms with Gasteiger partial charge in [0.25, 0.3) is 0 Å². The van der Waals surface area contributed by atoms with E-state index in [1.54, 1.807) is 18.2 Å². The summed E-state index contributed by atoms with van der Waals surface area (Å²) in [7, 11) is 3.65. The second kappa shape index (κ2) is 9.73. The lowest BCUT2D eigenvalue weighted by Gasteiger charge is -2.53. The zero-order chi connectivity index (χ0) is 27.1. The van der Waals surface area contributed by atoms with Crippen molar-refractivity contribution in [2.24, 2.45) is 7.05 Å². The molecule has 0 radical (unpaired) electrons. The molecule has 1 fully saturated rings. The van der Waals surface area contributed by atoms with Crippen molar-refractivity contribution in [1.82, 2.24) is 34.7 Å². The van der Waals surface area contributed by atoms with E-state index in [0.29, 0.717) is 17.1 Å². The Balaban J connectivity index is 1.60. The molecule has 3 heterocycles. The van der Waals surface area contributed by atoms with Crippen LogP contribution in [0.1, 0.15) is 54.4 Å². The maximum atomic E-state index is 14.7. The van der Waals surface area contributed by atoms with Crippen LogP contribution in [0.3, 0.4) is 0 Å². The largest absolute Gasteiger partial charge is 0.489 e. The number of aromatic nitrogens is 6. The molecule has 11 nitrogen and oxygen atoms in total. The molecule has 1 aliphatic rings. The number of likely N-dealkylation sites (tertiary alicyclic amines) is 1. The third-order valence-electron chi connectivity index (χ3n) is 6.92. The summed E-state index contributed by atoms with van der Waals surface area (Å²) >= 11 is 0. The summed E-state index contributed by atoms with van der Waals surface area (Å²) in [6, 6.07) is 5.23. The first-order valence-electron chi connectivity index (χ1n) is 12.4. The molecule has 0 aliphatic carbocycles. The van der Waals surface area contributed by atoms with E-state index in [9.17, 15) is 9.18 Å². The van der Waals surface area contributed by atoms with Crippen molar-refractivity contribution in [2.45, 2.75) is 77.6 Å². The average molecular weight is 514 g/mol. The van der Waals surface area contributed by atoms with Crippen molar-refractivity contribution >= 4 is 17.5 Å². The molecule has 37 heavy (non-hydrogen) atoms. The number of halogens is 1. The topological polar surface area (TPSA) is 115 Å². The van der Waals surface area contributed by atoms with Gasteiger partial charge in [0.2, 0.25) is 5.95 Å². The first-order valence-corrected chi connectivity index (χ1v) is 12.4. The van der Waals surface area contributed by atoms with Crippen LogP contribution in [0, 0.1) is 5.82 Å². The molecule has 3 aromatic rings. The Morgan fingerprint density at radius 1 is 1.11 bits per heavy atom. The number of benzene rings is 1. The number of rotatable bonds is 7. The van der Waals surface area contributed by atoms with Gasteiger partial charge in [0, 0.05) is 29.9 Å². The molecule has 1 aromatic carbocycles. The number of ether oxygens (including phenoxy) is 1. The Morgan fingerprint density at radius 3 is 2.38 bits per heavy atom. The highest BCUT2D eigenvalue weighted by atomic mass is 19.1. The smallest absolute Gasteiger partial charge is 0.368 e. The Kier molecular flexibility index (Phi) is 6.97. The lowest BCUT2D eigenvalue weighted by Crippen LogP contribution is -2.61. The Morgan fingerprint density at radius 2 is 1.78 bits per heavy atom. The monoisotopic (exact) mass is 513 g/mol. The predicted octanol–water partition coefficient (Wildman–Crippen LogP) is 3.49. The molecule has 0 saturated carbocycles. The molecule has 200 valence electrons. The van der Waals surface area contributed by atoms with E-state index in [1.165, 1.54) is 7.05 Å². The molecule has 0 atom stereocenters. The minimum absolute atomic E-state index is 0.0426. The summed E-state index contributed by atoms with van der Waals surface area (Å²) in [6.45, 7) is 12.6. The highest BCUT2D eigenvalue weighted by Crippen LogP contribution is 2.38. The van der Waals surface area contributed by atoms with Gasteiger partial charge in [-0.1, -0.05) is 0 Å². The second-order valence-electron chi connectivity index (χ2n) is 11.1. The minimum Gasteiger partial charge on any atom is -0.489 e. The summed E-state index contributed by atoms with van der Waals surface area (Å²) in [6.07, 6.45) is 2.71. The van der Waals surface area contributed by atoms with Crippen LogP contribution in [0.15, 0.2) is 29.2 Å². The fraction of sp³-hybridized carbons (Fsp3) is 0.560. The SMILES string of the molecule is CC(C)Oc1ccc(Nc2ncc(F)c(NC3CC(C)(C)N(C)C(C)(C)C3)n2)cc1-n1nnn(C)c1=O. The van der Waals surface area contributed by atoms with Crippen LogP contribution in [0.5, 0.6) is 5.75 Å². The number of nitrogens with one attached hydrogen (secondary N) is 2. The lowest BCUT2D eigenvalue weighted by molar-refractivity contribution is -0.00778. The third-order valence-corrected chi connectivity index (χ3v) is 6.92. The van der Waals surface area contributed by atoms with Crippen LogP contribution in [0.2, 0.25) is 0 Å². The summed E-state index contributed by atoms with van der Waals surface area (Å²) < 4.78 is 22.9. The summed E-state index contributed by atoms with van der Waals surface area (Å²) in [4.78, 5) is 23.4. The van der Waals surface area contributed by atoms with Gasteiger partial charge in [0.15, 0.2) is 11.6 Å². The molecule has 2 aromatic heterocycles. The van der Waals surface area contributed by atoms with Crippen LogP contribution in [0.4, 0.5) is 21.8 Å². The van der Waals surface area contributed by atoms with Gasteiger partial charge in [-0.25, -0.2) is 14.2 Å². The highest BCUT2D eigenvalue weighted by molar-refractivity contribution is 5.62. The Hall–Kier alpha value is -3.54. The zero-order valence-corrected chi connectivity index (χ0v) is 22.7. The van der Waals surface area contributed by atoms with Crippen LogP contribution in [0.25, 0.3) is 5.69 Å². The van der Waals surface area contributed by atoms with E-state index < -0.39 is 11.5 Å². The van der Waals surface area contributed by atoms with Crippen molar-refractivity contribution < 1.29 is 9.13 Å². The van der Waals surface area contributed by atoms with Gasteiger partial charge >= 0.3 is 5.69 Å². The number of anilines is 3. The van der Waals surface area contributed by atoms with Gasteiger partial charge in [-0.15, -0.1) is 0 Å². The van der Waals surface area contributed by atoms with Crippen molar-refractivity contribution in [3.05, 3.63) is 40.7 Å². The van der Waals surface area contributed by atoms with Crippen molar-refractivity contribution in [3.8, 4) is 11.4 Å². The predicted molar refractivity (Wildman–Crippen MR) is 140 cm³/mol. The molecule has 1 aliphatic heterocycles. The maximum absolute atomic E-state index is 14.7. The molecule has 12 heteroatoms. The Labute approximate surface area is 216 Å². The van der Waals surface area contributed by atoms with E-state index in [4.69, 9.17) is 4.74 Å². The molecule has 4 rings (SSSR count). The first kappa shape index (κ1) is 26.5. The van der Waals surface area contributed by atoms with E-state index in [1.807, 2.05) is 13.8 Å². The average Bonchev–Trinajstić information content (AvgIpc) is 3.13. The van der Waals surface area contributed by atoms with Crippen LogP contribution < -0.4 is 21.1 Å². The second-order valence-corrected chi connectivity index (χ2v) is 11.1. The van der Waals surface area contributed by atoms with Crippen LogP contribution in [-0.4, -0.2) is 64.9 Å². The van der Waals surface area contributed by atoms with E-state index >= 15 is 0 Å². The van der Waals surface area contributed by atoms with E-state index in [-0.39, 0.29) is 35.0 Å². The number of aryl methyl sites for hydroxylation is 1. The molecular weight excluding hydrogens is 477 g/mol. The molecule has 0 spiro atoms. The van der Waals surface area contributed by atoms with Gasteiger partial charge < -0.3 is 15.4 Å². The van der Waals surface area contributed by atoms with Crippen molar-refractivity contribution in [2.75, 3.05) is 17.7 Å². The van der Waals surface area contributed by atoms with Crippen molar-refractivity contribution in [3.63, 3.8) is 0 Å². The van der Waals surface area contributed by atoms with E-state index in [0.717, 1.165) is 28.4 Å². The van der Waals surface area contributed by atoms with Gasteiger partial charge in [-0.3, -0.25) is 4.90 Å². The number of hydrogen-bond acceptors (Lipinski definition) is 9. The minimum atomic E-state index is -0.521. The Bertz CT molecular complexity index is 1310. The highest BCUT2D eigenvalue weighted by Gasteiger charge is 2.43. The quantitative estimate of drug-likeness (QED) is 0.490. The van der Waals surface area contributed by atoms with Gasteiger partial charge in [0.05, 0.1) is 12.3 Å². The molecule has 0 bridgehead atoms. The molecule has 1 saturated heterocycles. The standard InChI is InChI=1S/C25H36FN9O2/c1-15(2)37-20-10-9-16(11-19(20)35-23(36)33(7)31-32-35)29-22-27-14-18(26)21(30-22)28-17-12-24(3,4)34(8)25(5,6)13-17/h9-11,14-15,17H,12-13H2,1-8H3,(H2,27,28,29,30). The van der Waals surface area contributed by atoms with Gasteiger partial charge in [-0.05, 0) is 90.1 Å². The van der Waals surface area contributed by atoms with Crippen LogP contribution in [-0.2, 0) is 7.05 Å². The fourth-order valence-corrected chi connectivity index (χ4v) is 4.90. The zero-order valence-electron chi connectivity index (χ0n) is 22.7. The molecule has 0 unspecified atom stereocenters. The van der Waals surface area contributed by atoms with Gasteiger partial charge in [-0.2, -0.15) is 14.3 Å². The first-order chi connectivity index (χ1) is 17.3. The number of piperidine rings is 1. The normalized spacial score (nSPS) is 17.7. The van der Waals surface area contributed by atoms with Gasteiger partial charge in [0.1, 0.15) is 11.4 Å². The van der Waals surface area contributed by atoms with E-state index in [2.05, 4.69) is 70.7 Å². The number of tetrazole rings is 1. The summed E-state index contributed by atoms with van der Waals surface area (Å²) in [5.41, 5.74) is 0.451. The molecule has 0 amide bonds. The fourth-order valence-electron chi connectivity index (χ4n) is 4.90. The third kappa shape index (κ3) is 5.58. The lowest BCUT2D eigenvalue weighted by atomic mass is 9.77. The molecule has 2 N–H and O–H groups in total. The summed E-state index contributed by atoms with van der Waals surface area (Å²) in [5.74, 6) is 0.305. The van der Waals surface area contributed by atoms with Crippen LogP contribution >= 0.6 is 0 Å². The molecular formula is C25H36FN9O2. The van der Waals surface area contributed by atoms with Crippen molar-refractivity contribution in [1.29, 1.82) is 0 Å². The number of nitrogens with zero attached hydrogens (tertiary/aromatic N) is 7. The summed E-state index contributed by atoms with van der Waals surface area (Å²) in [5, 5.41) is 14.1. The maximum Gasteiger partial charge on any atom is 0.368 e. The number of hydrogen-bond donors (Lipinski definition) is 2.